The molecular formula is C15H20N2O. The normalized spacial score (nSPS) is 19.6. The van der Waals surface area contributed by atoms with Crippen molar-refractivity contribution in [3.63, 3.8) is 0 Å². The molecule has 3 rings (SSSR count). The molecule has 96 valence electrons. The van der Waals surface area contributed by atoms with Crippen molar-refractivity contribution in [1.29, 1.82) is 0 Å². The first-order chi connectivity index (χ1) is 8.70. The predicted octanol–water partition coefficient (Wildman–Crippen LogP) is 2.57. The topological polar surface area (TPSA) is 26.2 Å². The van der Waals surface area contributed by atoms with Gasteiger partial charge in [0.1, 0.15) is 5.75 Å². The molecule has 1 saturated heterocycles. The highest BCUT2D eigenvalue weighted by Gasteiger charge is 2.21. The van der Waals surface area contributed by atoms with Crippen LogP contribution in [0.2, 0.25) is 0 Å². The Kier molecular flexibility index (Phi) is 2.78. The van der Waals surface area contributed by atoms with Gasteiger partial charge < -0.3 is 14.6 Å². The number of nitrogens with zero attached hydrogens (tertiary/aromatic N) is 1. The van der Waals surface area contributed by atoms with E-state index in [0.717, 1.165) is 18.8 Å². The van der Waals surface area contributed by atoms with Gasteiger partial charge in [-0.15, -0.1) is 0 Å². The average Bonchev–Trinajstić information content (AvgIpc) is 2.96. The summed E-state index contributed by atoms with van der Waals surface area (Å²) in [6.07, 6.45) is 1.24. The summed E-state index contributed by atoms with van der Waals surface area (Å²) in [4.78, 5) is 0. The lowest BCUT2D eigenvalue weighted by Gasteiger charge is -2.11. The van der Waals surface area contributed by atoms with Gasteiger partial charge in [-0.1, -0.05) is 0 Å². The van der Waals surface area contributed by atoms with Crippen LogP contribution < -0.4 is 10.1 Å². The number of aryl methyl sites for hydroxylation is 2. The minimum atomic E-state index is 0.646. The van der Waals surface area contributed by atoms with Crippen LogP contribution in [0.5, 0.6) is 5.75 Å². The summed E-state index contributed by atoms with van der Waals surface area (Å²) >= 11 is 0. The van der Waals surface area contributed by atoms with Crippen molar-refractivity contribution in [1.82, 2.24) is 9.88 Å². The van der Waals surface area contributed by atoms with E-state index in [9.17, 15) is 0 Å². The van der Waals surface area contributed by atoms with Gasteiger partial charge >= 0.3 is 0 Å². The Balaban J connectivity index is 2.17. The zero-order valence-corrected chi connectivity index (χ0v) is 11.3. The highest BCUT2D eigenvalue weighted by atomic mass is 16.5. The van der Waals surface area contributed by atoms with Crippen LogP contribution in [0.15, 0.2) is 18.2 Å². The molecule has 1 atom stereocenters. The van der Waals surface area contributed by atoms with Crippen LogP contribution in [-0.4, -0.2) is 24.8 Å². The van der Waals surface area contributed by atoms with E-state index in [1.807, 2.05) is 0 Å². The molecule has 1 aromatic heterocycles. The molecule has 1 aliphatic rings. The maximum atomic E-state index is 5.36. The van der Waals surface area contributed by atoms with Crippen LogP contribution >= 0.6 is 0 Å². The van der Waals surface area contributed by atoms with Gasteiger partial charge in [-0.05, 0) is 43.7 Å². The van der Waals surface area contributed by atoms with Gasteiger partial charge in [-0.2, -0.15) is 0 Å². The van der Waals surface area contributed by atoms with Gasteiger partial charge in [0, 0.05) is 30.6 Å². The highest BCUT2D eigenvalue weighted by molar-refractivity contribution is 5.86. The van der Waals surface area contributed by atoms with Crippen LogP contribution in [0.4, 0.5) is 0 Å². The second-order valence-electron chi connectivity index (χ2n) is 5.20. The highest BCUT2D eigenvalue weighted by Crippen LogP contribution is 2.32. The minimum absolute atomic E-state index is 0.646. The van der Waals surface area contributed by atoms with Crippen LogP contribution in [0.1, 0.15) is 23.6 Å². The third kappa shape index (κ3) is 1.70. The Morgan fingerprint density at radius 3 is 2.83 bits per heavy atom. The summed E-state index contributed by atoms with van der Waals surface area (Å²) in [6, 6.07) is 6.57. The summed E-state index contributed by atoms with van der Waals surface area (Å²) in [5.41, 5.74) is 4.05. The third-order valence-electron chi connectivity index (χ3n) is 4.04. The smallest absolute Gasteiger partial charge is 0.119 e. The lowest BCUT2D eigenvalue weighted by molar-refractivity contribution is 0.415. The molecule has 0 amide bonds. The van der Waals surface area contributed by atoms with E-state index < -0.39 is 0 Å². The number of hydrogen-bond donors (Lipinski definition) is 1. The lowest BCUT2D eigenvalue weighted by atomic mass is 10.0. The number of ether oxygens (including phenoxy) is 1. The van der Waals surface area contributed by atoms with Gasteiger partial charge in [0.15, 0.2) is 0 Å². The number of fused-ring (bicyclic) bond motifs is 1. The van der Waals surface area contributed by atoms with Gasteiger partial charge in [-0.25, -0.2) is 0 Å². The monoisotopic (exact) mass is 244 g/mol. The van der Waals surface area contributed by atoms with Gasteiger partial charge in [-0.3, -0.25) is 0 Å². The SMILES string of the molecule is COc1cc(C)c2c(c1)cc(C1CCNC1)n2C. The standard InChI is InChI=1S/C15H20N2O/c1-10-6-13(18-3)7-12-8-14(17(2)15(10)12)11-4-5-16-9-11/h6-8,11,16H,4-5,9H2,1-3H3. The zero-order chi connectivity index (χ0) is 12.7. The van der Waals surface area contributed by atoms with Crippen LogP contribution in [0, 0.1) is 6.92 Å². The van der Waals surface area contributed by atoms with Gasteiger partial charge in [0.25, 0.3) is 0 Å². The molecule has 0 saturated carbocycles. The number of rotatable bonds is 2. The van der Waals surface area contributed by atoms with E-state index in [1.54, 1.807) is 7.11 Å². The van der Waals surface area contributed by atoms with Gasteiger partial charge in [0.2, 0.25) is 0 Å². The molecule has 1 aliphatic heterocycles. The fourth-order valence-corrected chi connectivity index (χ4v) is 3.14. The second-order valence-corrected chi connectivity index (χ2v) is 5.20. The summed E-state index contributed by atoms with van der Waals surface area (Å²) in [6.45, 7) is 4.39. The zero-order valence-electron chi connectivity index (χ0n) is 11.3. The van der Waals surface area contributed by atoms with Crippen LogP contribution in [0.25, 0.3) is 10.9 Å². The van der Waals surface area contributed by atoms with Crippen molar-refractivity contribution in [2.75, 3.05) is 20.2 Å². The minimum Gasteiger partial charge on any atom is -0.497 e. The van der Waals surface area contributed by atoms with Crippen molar-refractivity contribution < 1.29 is 4.74 Å². The summed E-state index contributed by atoms with van der Waals surface area (Å²) < 4.78 is 7.71. The van der Waals surface area contributed by atoms with Gasteiger partial charge in [0.05, 0.1) is 12.6 Å². The molecule has 1 aromatic carbocycles. The molecule has 0 aliphatic carbocycles. The Bertz CT molecular complexity index is 580. The fraction of sp³-hybridized carbons (Fsp3) is 0.467. The quantitative estimate of drug-likeness (QED) is 0.878. The van der Waals surface area contributed by atoms with E-state index in [-0.39, 0.29) is 0 Å². The first kappa shape index (κ1) is 11.6. The van der Waals surface area contributed by atoms with Crippen molar-refractivity contribution >= 4 is 10.9 Å². The number of nitrogens with one attached hydrogen (secondary N) is 1. The van der Waals surface area contributed by atoms with Crippen LogP contribution in [-0.2, 0) is 7.05 Å². The maximum Gasteiger partial charge on any atom is 0.119 e. The number of aromatic nitrogens is 1. The molecule has 3 heteroatoms. The average molecular weight is 244 g/mol. The molecule has 0 radical (unpaired) electrons. The number of hydrogen-bond acceptors (Lipinski definition) is 2. The fourth-order valence-electron chi connectivity index (χ4n) is 3.14. The molecule has 1 N–H and O–H groups in total. The second kappa shape index (κ2) is 4.32. The molecule has 0 spiro atoms. The summed E-state index contributed by atoms with van der Waals surface area (Å²) in [7, 11) is 3.90. The molecule has 0 bridgehead atoms. The molecule has 1 unspecified atom stereocenters. The molecular weight excluding hydrogens is 224 g/mol. The Morgan fingerprint density at radius 1 is 1.33 bits per heavy atom. The molecule has 3 nitrogen and oxygen atoms in total. The molecule has 1 fully saturated rings. The van der Waals surface area contributed by atoms with E-state index >= 15 is 0 Å². The third-order valence-corrected chi connectivity index (χ3v) is 4.04. The number of benzene rings is 1. The van der Waals surface area contributed by atoms with Crippen molar-refractivity contribution in [2.45, 2.75) is 19.3 Å². The molecule has 18 heavy (non-hydrogen) atoms. The van der Waals surface area contributed by atoms with E-state index in [4.69, 9.17) is 4.74 Å². The predicted molar refractivity (Wildman–Crippen MR) is 74.4 cm³/mol. The van der Waals surface area contributed by atoms with Crippen molar-refractivity contribution in [3.8, 4) is 5.75 Å². The Hall–Kier alpha value is -1.48. The van der Waals surface area contributed by atoms with Crippen LogP contribution in [0.3, 0.4) is 0 Å². The van der Waals surface area contributed by atoms with E-state index in [2.05, 4.69) is 42.1 Å². The lowest BCUT2D eigenvalue weighted by Crippen LogP contribution is -2.10. The maximum absolute atomic E-state index is 5.36. The van der Waals surface area contributed by atoms with Crippen molar-refractivity contribution in [2.24, 2.45) is 7.05 Å². The first-order valence-corrected chi connectivity index (χ1v) is 6.55. The Morgan fingerprint density at radius 2 is 2.17 bits per heavy atom. The Labute approximate surface area is 108 Å². The molecule has 2 aromatic rings. The van der Waals surface area contributed by atoms with E-state index in [1.165, 1.54) is 28.6 Å². The summed E-state index contributed by atoms with van der Waals surface area (Å²) in [5.74, 6) is 1.59. The summed E-state index contributed by atoms with van der Waals surface area (Å²) in [5, 5.41) is 4.73. The van der Waals surface area contributed by atoms with E-state index in [0.29, 0.717) is 5.92 Å². The first-order valence-electron chi connectivity index (χ1n) is 6.55. The molecule has 2 heterocycles. The van der Waals surface area contributed by atoms with Crippen molar-refractivity contribution in [3.05, 3.63) is 29.5 Å². The number of methoxy groups -OCH3 is 1. The largest absolute Gasteiger partial charge is 0.497 e.